The van der Waals surface area contributed by atoms with Gasteiger partial charge in [-0.3, -0.25) is 9.69 Å². The number of Topliss-reactive ketones (excluding diaryl/α,β-unsaturated/α-hetero) is 1. The summed E-state index contributed by atoms with van der Waals surface area (Å²) in [6.07, 6.45) is 0. The van der Waals surface area contributed by atoms with Crippen LogP contribution in [0.4, 0.5) is 0 Å². The number of nitrogens with zero attached hydrogens (tertiary/aromatic N) is 1. The minimum Gasteiger partial charge on any atom is -0.491 e. The Balaban J connectivity index is 1.87. The molecule has 2 rings (SSSR count). The van der Waals surface area contributed by atoms with Crippen LogP contribution in [-0.4, -0.2) is 49.5 Å². The Morgan fingerprint density at radius 2 is 2.26 bits per heavy atom. The highest BCUT2D eigenvalue weighted by Crippen LogP contribution is 2.18. The third-order valence-corrected chi connectivity index (χ3v) is 3.54. The van der Waals surface area contributed by atoms with Gasteiger partial charge in [0.1, 0.15) is 12.4 Å². The molecule has 1 N–H and O–H groups in total. The van der Waals surface area contributed by atoms with E-state index in [1.54, 1.807) is 6.92 Å². The van der Waals surface area contributed by atoms with E-state index in [4.69, 9.17) is 4.74 Å². The predicted octanol–water partition coefficient (Wildman–Crippen LogP) is 1.56. The van der Waals surface area contributed by atoms with Gasteiger partial charge in [0.15, 0.2) is 5.78 Å². The molecule has 1 heterocycles. The van der Waals surface area contributed by atoms with E-state index in [0.29, 0.717) is 24.0 Å². The summed E-state index contributed by atoms with van der Waals surface area (Å²) in [5.74, 6) is 0.740. The van der Waals surface area contributed by atoms with Crippen molar-refractivity contribution in [3.63, 3.8) is 0 Å². The number of hydrogen-bond donors (Lipinski definition) is 1. The number of piperazine rings is 1. The van der Waals surface area contributed by atoms with E-state index in [9.17, 15) is 4.79 Å². The van der Waals surface area contributed by atoms with Crippen LogP contribution in [0.1, 0.15) is 24.2 Å². The van der Waals surface area contributed by atoms with Crippen molar-refractivity contribution in [3.05, 3.63) is 29.8 Å². The lowest BCUT2D eigenvalue weighted by molar-refractivity contribution is 0.101. The van der Waals surface area contributed by atoms with Gasteiger partial charge < -0.3 is 10.1 Å². The number of nitrogens with one attached hydrogen (secondary N) is 1. The minimum atomic E-state index is 0.0474. The van der Waals surface area contributed by atoms with Crippen molar-refractivity contribution < 1.29 is 9.53 Å². The number of ether oxygens (including phenoxy) is 1. The van der Waals surface area contributed by atoms with Crippen molar-refractivity contribution in [1.29, 1.82) is 0 Å². The van der Waals surface area contributed by atoms with Gasteiger partial charge in [0.2, 0.25) is 0 Å². The summed E-state index contributed by atoms with van der Waals surface area (Å²) in [5, 5.41) is 3.37. The largest absolute Gasteiger partial charge is 0.491 e. The number of rotatable bonds is 5. The van der Waals surface area contributed by atoms with Crippen LogP contribution in [0.5, 0.6) is 5.75 Å². The Morgan fingerprint density at radius 1 is 1.47 bits per heavy atom. The molecule has 0 radical (unpaired) electrons. The van der Waals surface area contributed by atoms with Crippen LogP contribution in [0.25, 0.3) is 0 Å². The number of carbonyl (C=O) groups is 1. The second kappa shape index (κ2) is 6.68. The quantitative estimate of drug-likeness (QED) is 0.818. The lowest BCUT2D eigenvalue weighted by Crippen LogP contribution is -2.50. The minimum absolute atomic E-state index is 0.0474. The Kier molecular flexibility index (Phi) is 4.93. The van der Waals surface area contributed by atoms with E-state index in [2.05, 4.69) is 17.1 Å². The van der Waals surface area contributed by atoms with Crippen LogP contribution in [0.3, 0.4) is 0 Å². The van der Waals surface area contributed by atoms with E-state index < -0.39 is 0 Å². The van der Waals surface area contributed by atoms with Gasteiger partial charge in [-0.05, 0) is 26.0 Å². The van der Waals surface area contributed by atoms with Gasteiger partial charge in [-0.2, -0.15) is 0 Å². The van der Waals surface area contributed by atoms with Crippen molar-refractivity contribution in [1.82, 2.24) is 10.2 Å². The average molecular weight is 262 g/mol. The van der Waals surface area contributed by atoms with Gasteiger partial charge in [-0.25, -0.2) is 0 Å². The Labute approximate surface area is 114 Å². The third-order valence-electron chi connectivity index (χ3n) is 3.54. The van der Waals surface area contributed by atoms with Crippen molar-refractivity contribution in [2.45, 2.75) is 19.9 Å². The van der Waals surface area contributed by atoms with Gasteiger partial charge in [-0.1, -0.05) is 12.1 Å². The van der Waals surface area contributed by atoms with Crippen LogP contribution in [0.15, 0.2) is 24.3 Å². The molecule has 0 saturated carbocycles. The Morgan fingerprint density at radius 3 is 3.00 bits per heavy atom. The molecular formula is C15H22N2O2. The molecule has 19 heavy (non-hydrogen) atoms. The molecule has 1 aliphatic heterocycles. The molecule has 4 heteroatoms. The maximum atomic E-state index is 11.5. The van der Waals surface area contributed by atoms with Crippen molar-refractivity contribution in [3.8, 4) is 5.75 Å². The molecule has 104 valence electrons. The SMILES string of the molecule is CC(=O)c1ccccc1OCCN1CCNCC1C. The maximum Gasteiger partial charge on any atom is 0.163 e. The Hall–Kier alpha value is -1.39. The van der Waals surface area contributed by atoms with Gasteiger partial charge in [0, 0.05) is 32.2 Å². The number of benzene rings is 1. The predicted molar refractivity (Wildman–Crippen MR) is 75.8 cm³/mol. The number of hydrogen-bond acceptors (Lipinski definition) is 4. The fraction of sp³-hybridized carbons (Fsp3) is 0.533. The van der Waals surface area contributed by atoms with Crippen molar-refractivity contribution >= 4 is 5.78 Å². The number of carbonyl (C=O) groups excluding carboxylic acids is 1. The topological polar surface area (TPSA) is 41.6 Å². The lowest BCUT2D eigenvalue weighted by Gasteiger charge is -2.33. The second-order valence-corrected chi connectivity index (χ2v) is 4.99. The van der Waals surface area contributed by atoms with Crippen LogP contribution in [0.2, 0.25) is 0 Å². The Bertz CT molecular complexity index is 434. The smallest absolute Gasteiger partial charge is 0.163 e. The molecule has 1 atom stereocenters. The average Bonchev–Trinajstić information content (AvgIpc) is 2.41. The summed E-state index contributed by atoms with van der Waals surface area (Å²) in [6.45, 7) is 8.43. The maximum absolute atomic E-state index is 11.5. The van der Waals surface area contributed by atoms with Gasteiger partial charge in [0.05, 0.1) is 5.56 Å². The van der Waals surface area contributed by atoms with Gasteiger partial charge >= 0.3 is 0 Å². The summed E-state index contributed by atoms with van der Waals surface area (Å²) in [7, 11) is 0. The zero-order valence-electron chi connectivity index (χ0n) is 11.7. The lowest BCUT2D eigenvalue weighted by atomic mass is 10.1. The van der Waals surface area contributed by atoms with Gasteiger partial charge in [0.25, 0.3) is 0 Å². The monoisotopic (exact) mass is 262 g/mol. The molecule has 1 unspecified atom stereocenters. The highest BCUT2D eigenvalue weighted by Gasteiger charge is 2.17. The molecule has 0 spiro atoms. The first kappa shape index (κ1) is 14.0. The fourth-order valence-corrected chi connectivity index (χ4v) is 2.37. The molecular weight excluding hydrogens is 240 g/mol. The summed E-state index contributed by atoms with van der Waals surface area (Å²) >= 11 is 0. The first-order valence-electron chi connectivity index (χ1n) is 6.86. The molecule has 4 nitrogen and oxygen atoms in total. The first-order chi connectivity index (χ1) is 9.18. The molecule has 1 aliphatic rings. The highest BCUT2D eigenvalue weighted by atomic mass is 16.5. The molecule has 1 saturated heterocycles. The fourth-order valence-electron chi connectivity index (χ4n) is 2.37. The molecule has 1 aromatic carbocycles. The third kappa shape index (κ3) is 3.78. The summed E-state index contributed by atoms with van der Waals surface area (Å²) in [6, 6.07) is 7.97. The molecule has 0 aliphatic carbocycles. The molecule has 0 bridgehead atoms. The first-order valence-corrected chi connectivity index (χ1v) is 6.86. The zero-order valence-corrected chi connectivity index (χ0v) is 11.7. The molecule has 1 fully saturated rings. The van der Waals surface area contributed by atoms with E-state index >= 15 is 0 Å². The number of ketones is 1. The standard InChI is InChI=1S/C15H22N2O2/c1-12-11-16-7-8-17(12)9-10-19-15-6-4-3-5-14(15)13(2)18/h3-6,12,16H,7-11H2,1-2H3. The summed E-state index contributed by atoms with van der Waals surface area (Å²) in [5.41, 5.74) is 0.663. The van der Waals surface area contributed by atoms with E-state index in [-0.39, 0.29) is 5.78 Å². The zero-order chi connectivity index (χ0) is 13.7. The van der Waals surface area contributed by atoms with Crippen LogP contribution < -0.4 is 10.1 Å². The second-order valence-electron chi connectivity index (χ2n) is 4.99. The normalized spacial score (nSPS) is 20.2. The molecule has 0 aromatic heterocycles. The summed E-state index contributed by atoms with van der Waals surface area (Å²) < 4.78 is 5.77. The highest BCUT2D eigenvalue weighted by molar-refractivity contribution is 5.96. The van der Waals surface area contributed by atoms with Crippen molar-refractivity contribution in [2.24, 2.45) is 0 Å². The van der Waals surface area contributed by atoms with Gasteiger partial charge in [-0.15, -0.1) is 0 Å². The van der Waals surface area contributed by atoms with E-state index in [0.717, 1.165) is 26.2 Å². The van der Waals surface area contributed by atoms with Crippen LogP contribution in [0, 0.1) is 0 Å². The van der Waals surface area contributed by atoms with E-state index in [1.807, 2.05) is 24.3 Å². The molecule has 1 aromatic rings. The summed E-state index contributed by atoms with van der Waals surface area (Å²) in [4.78, 5) is 13.9. The number of para-hydroxylation sites is 1. The van der Waals surface area contributed by atoms with Crippen LogP contribution >= 0.6 is 0 Å². The van der Waals surface area contributed by atoms with Crippen LogP contribution in [-0.2, 0) is 0 Å². The van der Waals surface area contributed by atoms with Crippen molar-refractivity contribution in [2.75, 3.05) is 32.8 Å². The molecule has 0 amide bonds. The van der Waals surface area contributed by atoms with E-state index in [1.165, 1.54) is 0 Å².